The Morgan fingerprint density at radius 1 is 1.62 bits per heavy atom. The van der Waals surface area contributed by atoms with Crippen LogP contribution in [0.15, 0.2) is 18.5 Å². The van der Waals surface area contributed by atoms with Crippen molar-refractivity contribution in [3.63, 3.8) is 0 Å². The lowest BCUT2D eigenvalue weighted by Crippen LogP contribution is -2.51. The Kier molecular flexibility index (Phi) is 4.36. The molecule has 1 N–H and O–H groups in total. The van der Waals surface area contributed by atoms with Crippen molar-refractivity contribution in [1.29, 1.82) is 0 Å². The maximum Gasteiger partial charge on any atom is 0.318 e. The van der Waals surface area contributed by atoms with Crippen LogP contribution in [0.2, 0.25) is 0 Å². The molecule has 0 unspecified atom stereocenters. The topological polar surface area (TPSA) is 54.5 Å². The van der Waals surface area contributed by atoms with Crippen molar-refractivity contribution in [3.05, 3.63) is 29.8 Å². The highest BCUT2D eigenvalue weighted by molar-refractivity contribution is 5.75. The number of amides is 2. The van der Waals surface area contributed by atoms with Crippen LogP contribution in [-0.2, 0) is 4.74 Å². The molecule has 0 saturated carbocycles. The maximum atomic E-state index is 13.6. The largest absolute Gasteiger partial charge is 0.373 e. The lowest BCUT2D eigenvalue weighted by atomic mass is 10.1. The van der Waals surface area contributed by atoms with Gasteiger partial charge in [0.15, 0.2) is 0 Å². The number of nitrogens with zero attached hydrogens (tertiary/aromatic N) is 2. The van der Waals surface area contributed by atoms with Gasteiger partial charge in [0.05, 0.1) is 18.8 Å². The first-order chi connectivity index (χ1) is 9.83. The van der Waals surface area contributed by atoms with Crippen molar-refractivity contribution in [2.75, 3.05) is 20.3 Å². The van der Waals surface area contributed by atoms with Crippen LogP contribution in [-0.4, -0.2) is 48.1 Å². The molecule has 1 aromatic heterocycles. The van der Waals surface area contributed by atoms with Crippen LogP contribution >= 0.6 is 0 Å². The molecule has 2 rings (SSSR count). The normalized spacial score (nSPS) is 21.9. The molecule has 0 spiro atoms. The Morgan fingerprint density at radius 2 is 2.33 bits per heavy atom. The average molecular weight is 303 g/mol. The second kappa shape index (κ2) is 5.88. The van der Waals surface area contributed by atoms with Gasteiger partial charge in [0.1, 0.15) is 18.5 Å². The minimum absolute atomic E-state index is 0.245. The predicted molar refractivity (Wildman–Crippen MR) is 68.5 cm³/mol. The number of aromatic nitrogens is 1. The van der Waals surface area contributed by atoms with Crippen LogP contribution < -0.4 is 5.32 Å². The van der Waals surface area contributed by atoms with Crippen LogP contribution in [0.3, 0.4) is 0 Å². The first kappa shape index (κ1) is 15.6. The van der Waals surface area contributed by atoms with Crippen molar-refractivity contribution in [1.82, 2.24) is 15.2 Å². The van der Waals surface area contributed by atoms with E-state index in [4.69, 9.17) is 0 Å². The highest BCUT2D eigenvalue weighted by Crippen LogP contribution is 2.26. The van der Waals surface area contributed by atoms with E-state index in [1.807, 2.05) is 0 Å². The minimum atomic E-state index is -3.10. The Hall–Kier alpha value is -1.83. The summed E-state index contributed by atoms with van der Waals surface area (Å²) in [4.78, 5) is 16.8. The van der Waals surface area contributed by atoms with E-state index in [2.05, 4.69) is 15.0 Å². The zero-order valence-corrected chi connectivity index (χ0v) is 11.6. The SMILES string of the molecule is C[C@H](c1ccncc1F)N(C)C(=O)N[C@H]1COCC1(F)F. The first-order valence-electron chi connectivity index (χ1n) is 6.41. The third-order valence-electron chi connectivity index (χ3n) is 3.54. The Labute approximate surface area is 120 Å². The van der Waals surface area contributed by atoms with E-state index in [1.165, 1.54) is 19.3 Å². The van der Waals surface area contributed by atoms with Crippen LogP contribution in [0.4, 0.5) is 18.0 Å². The number of alkyl halides is 2. The summed E-state index contributed by atoms with van der Waals surface area (Å²) >= 11 is 0. The number of hydrogen-bond donors (Lipinski definition) is 1. The summed E-state index contributed by atoms with van der Waals surface area (Å²) in [5.74, 6) is -3.65. The summed E-state index contributed by atoms with van der Waals surface area (Å²) in [5.41, 5.74) is 0.261. The number of urea groups is 1. The molecule has 0 aromatic carbocycles. The van der Waals surface area contributed by atoms with Gasteiger partial charge in [0.25, 0.3) is 5.92 Å². The zero-order chi connectivity index (χ0) is 15.6. The molecule has 5 nitrogen and oxygen atoms in total. The summed E-state index contributed by atoms with van der Waals surface area (Å²) in [6.45, 7) is 0.641. The molecular formula is C13H16F3N3O2. The fourth-order valence-corrected chi connectivity index (χ4v) is 2.04. The first-order valence-corrected chi connectivity index (χ1v) is 6.41. The Morgan fingerprint density at radius 3 is 2.90 bits per heavy atom. The van der Waals surface area contributed by atoms with Crippen molar-refractivity contribution in [3.8, 4) is 0 Å². The number of halogens is 3. The molecule has 21 heavy (non-hydrogen) atoms. The van der Waals surface area contributed by atoms with Crippen molar-refractivity contribution < 1.29 is 22.7 Å². The maximum absolute atomic E-state index is 13.6. The molecular weight excluding hydrogens is 287 g/mol. The van der Waals surface area contributed by atoms with Gasteiger partial charge in [-0.25, -0.2) is 18.0 Å². The van der Waals surface area contributed by atoms with Crippen LogP contribution in [0.1, 0.15) is 18.5 Å². The molecule has 1 aromatic rings. The fourth-order valence-electron chi connectivity index (χ4n) is 2.04. The third-order valence-corrected chi connectivity index (χ3v) is 3.54. The summed E-state index contributed by atoms with van der Waals surface area (Å²) in [6, 6.07) is -1.27. The average Bonchev–Trinajstić information content (AvgIpc) is 2.77. The minimum Gasteiger partial charge on any atom is -0.373 e. The Bertz CT molecular complexity index is 527. The summed E-state index contributed by atoms with van der Waals surface area (Å²) in [7, 11) is 1.41. The quantitative estimate of drug-likeness (QED) is 0.928. The molecule has 1 fully saturated rings. The van der Waals surface area contributed by atoms with Gasteiger partial charge in [0, 0.05) is 18.8 Å². The molecule has 0 bridgehead atoms. The van der Waals surface area contributed by atoms with Crippen LogP contribution in [0.25, 0.3) is 0 Å². The van der Waals surface area contributed by atoms with Crippen molar-refractivity contribution >= 4 is 6.03 Å². The van der Waals surface area contributed by atoms with Gasteiger partial charge in [-0.2, -0.15) is 0 Å². The molecule has 0 aliphatic carbocycles. The van der Waals surface area contributed by atoms with E-state index in [9.17, 15) is 18.0 Å². The monoisotopic (exact) mass is 303 g/mol. The zero-order valence-electron chi connectivity index (χ0n) is 11.6. The molecule has 2 atom stereocenters. The predicted octanol–water partition coefficient (Wildman–Crippen LogP) is 1.96. The second-order valence-electron chi connectivity index (χ2n) is 4.96. The number of pyridine rings is 1. The highest BCUT2D eigenvalue weighted by atomic mass is 19.3. The van der Waals surface area contributed by atoms with Gasteiger partial charge in [0.2, 0.25) is 0 Å². The lowest BCUT2D eigenvalue weighted by molar-refractivity contribution is -0.0223. The van der Waals surface area contributed by atoms with Gasteiger partial charge in [-0.3, -0.25) is 4.98 Å². The van der Waals surface area contributed by atoms with Gasteiger partial charge >= 0.3 is 6.03 Å². The van der Waals surface area contributed by atoms with Gasteiger partial charge in [-0.15, -0.1) is 0 Å². The van der Waals surface area contributed by atoms with Gasteiger partial charge < -0.3 is 15.0 Å². The van der Waals surface area contributed by atoms with E-state index in [1.54, 1.807) is 6.92 Å². The second-order valence-corrected chi connectivity index (χ2v) is 4.96. The van der Waals surface area contributed by atoms with E-state index >= 15 is 0 Å². The van der Waals surface area contributed by atoms with E-state index in [0.29, 0.717) is 0 Å². The Balaban J connectivity index is 2.04. The lowest BCUT2D eigenvalue weighted by Gasteiger charge is -2.28. The number of carbonyl (C=O) groups is 1. The summed E-state index contributed by atoms with van der Waals surface area (Å²) in [6.07, 6.45) is 2.44. The van der Waals surface area contributed by atoms with Crippen molar-refractivity contribution in [2.45, 2.75) is 24.9 Å². The van der Waals surface area contributed by atoms with E-state index < -0.39 is 36.5 Å². The number of ether oxygens (including phenoxy) is 1. The smallest absolute Gasteiger partial charge is 0.318 e. The highest BCUT2D eigenvalue weighted by Gasteiger charge is 2.46. The molecule has 1 aliphatic heterocycles. The standard InChI is InChI=1S/C13H16F3N3O2/c1-8(9-3-4-17-5-10(9)14)19(2)12(20)18-11-6-21-7-13(11,15)16/h3-5,8,11H,6-7H2,1-2H3,(H,18,20)/t8-,11+/m1/s1. The number of nitrogens with one attached hydrogen (secondary N) is 1. The van der Waals surface area contributed by atoms with E-state index in [0.717, 1.165) is 11.1 Å². The molecule has 1 aliphatic rings. The molecule has 0 radical (unpaired) electrons. The number of rotatable bonds is 3. The number of carbonyl (C=O) groups excluding carboxylic acids is 1. The van der Waals surface area contributed by atoms with Crippen LogP contribution in [0, 0.1) is 5.82 Å². The van der Waals surface area contributed by atoms with Gasteiger partial charge in [-0.05, 0) is 13.0 Å². The summed E-state index contributed by atoms with van der Waals surface area (Å²) < 4.78 is 45.1. The van der Waals surface area contributed by atoms with E-state index in [-0.39, 0.29) is 12.2 Å². The summed E-state index contributed by atoms with van der Waals surface area (Å²) in [5, 5.41) is 2.21. The third kappa shape index (κ3) is 3.26. The fraction of sp³-hybridized carbons (Fsp3) is 0.538. The van der Waals surface area contributed by atoms with Crippen LogP contribution in [0.5, 0.6) is 0 Å². The molecule has 1 saturated heterocycles. The molecule has 2 heterocycles. The molecule has 116 valence electrons. The molecule has 2 amide bonds. The number of hydrogen-bond acceptors (Lipinski definition) is 3. The molecule has 8 heteroatoms. The van der Waals surface area contributed by atoms with Crippen molar-refractivity contribution in [2.24, 2.45) is 0 Å². The van der Waals surface area contributed by atoms with Gasteiger partial charge in [-0.1, -0.05) is 0 Å².